The Labute approximate surface area is 112 Å². The number of hydrazine groups is 1. The third kappa shape index (κ3) is 2.27. The van der Waals surface area contributed by atoms with Gasteiger partial charge in [-0.15, -0.1) is 0 Å². The van der Waals surface area contributed by atoms with Gasteiger partial charge in [0.1, 0.15) is 11.3 Å². The molecular formula is C15H20N2O2. The number of hydrogen-bond acceptors (Lipinski definition) is 4. The highest BCUT2D eigenvalue weighted by molar-refractivity contribution is 5.77. The molecule has 1 heterocycles. The van der Waals surface area contributed by atoms with Gasteiger partial charge >= 0.3 is 0 Å². The van der Waals surface area contributed by atoms with Crippen LogP contribution in [-0.2, 0) is 4.74 Å². The normalized spacial score (nSPS) is 19.3. The molecule has 4 heteroatoms. The van der Waals surface area contributed by atoms with E-state index in [0.29, 0.717) is 0 Å². The third-order valence-corrected chi connectivity index (χ3v) is 4.26. The van der Waals surface area contributed by atoms with Crippen LogP contribution in [0.5, 0.6) is 0 Å². The lowest BCUT2D eigenvalue weighted by atomic mass is 9.75. The lowest BCUT2D eigenvalue weighted by molar-refractivity contribution is -0.0848. The van der Waals surface area contributed by atoms with Gasteiger partial charge in [0.2, 0.25) is 0 Å². The van der Waals surface area contributed by atoms with E-state index in [9.17, 15) is 0 Å². The van der Waals surface area contributed by atoms with Gasteiger partial charge < -0.3 is 9.15 Å². The van der Waals surface area contributed by atoms with E-state index < -0.39 is 0 Å². The smallest absolute Gasteiger partial charge is 0.134 e. The van der Waals surface area contributed by atoms with Gasteiger partial charge in [-0.1, -0.05) is 18.2 Å². The largest absolute Gasteiger partial charge is 0.459 e. The summed E-state index contributed by atoms with van der Waals surface area (Å²) in [5.41, 5.74) is 3.73. The Balaban J connectivity index is 1.85. The highest BCUT2D eigenvalue weighted by atomic mass is 16.5. The number of benzene rings is 1. The number of hydrogen-bond donors (Lipinski definition) is 2. The van der Waals surface area contributed by atoms with Gasteiger partial charge in [-0.3, -0.25) is 5.84 Å². The molecule has 19 heavy (non-hydrogen) atoms. The second kappa shape index (κ2) is 4.96. The van der Waals surface area contributed by atoms with Crippen LogP contribution in [0.15, 0.2) is 34.7 Å². The monoisotopic (exact) mass is 260 g/mol. The molecule has 0 saturated heterocycles. The van der Waals surface area contributed by atoms with Crippen molar-refractivity contribution < 1.29 is 9.15 Å². The molecule has 0 bridgehead atoms. The second-order valence-electron chi connectivity index (χ2n) is 5.35. The van der Waals surface area contributed by atoms with E-state index in [1.807, 2.05) is 24.3 Å². The summed E-state index contributed by atoms with van der Waals surface area (Å²) in [7, 11) is 1.78. The first-order valence-corrected chi connectivity index (χ1v) is 6.76. The summed E-state index contributed by atoms with van der Waals surface area (Å²) >= 11 is 0. The van der Waals surface area contributed by atoms with Crippen LogP contribution >= 0.6 is 0 Å². The van der Waals surface area contributed by atoms with Crippen molar-refractivity contribution in [1.29, 1.82) is 0 Å². The Bertz CT molecular complexity index is 522. The summed E-state index contributed by atoms with van der Waals surface area (Å²) in [6.45, 7) is 0. The lowest BCUT2D eigenvalue weighted by Crippen LogP contribution is -2.44. The molecule has 3 N–H and O–H groups in total. The highest BCUT2D eigenvalue weighted by Crippen LogP contribution is 2.42. The minimum absolute atomic E-state index is 0.00681. The van der Waals surface area contributed by atoms with Crippen molar-refractivity contribution in [3.8, 4) is 0 Å². The predicted octanol–water partition coefficient (Wildman–Crippen LogP) is 2.90. The van der Waals surface area contributed by atoms with Crippen LogP contribution in [0.3, 0.4) is 0 Å². The number of ether oxygens (including phenoxy) is 1. The van der Waals surface area contributed by atoms with Crippen molar-refractivity contribution in [1.82, 2.24) is 5.43 Å². The van der Waals surface area contributed by atoms with Gasteiger partial charge in [-0.05, 0) is 31.4 Å². The molecule has 1 atom stereocenters. The summed E-state index contributed by atoms with van der Waals surface area (Å²) in [6, 6.07) is 10.1. The van der Waals surface area contributed by atoms with Crippen molar-refractivity contribution in [3.05, 3.63) is 36.1 Å². The van der Waals surface area contributed by atoms with Crippen molar-refractivity contribution in [3.63, 3.8) is 0 Å². The predicted molar refractivity (Wildman–Crippen MR) is 74.5 cm³/mol. The maximum atomic E-state index is 5.88. The molecule has 3 rings (SSSR count). The van der Waals surface area contributed by atoms with Gasteiger partial charge in [0.15, 0.2) is 0 Å². The molecule has 1 aliphatic carbocycles. The minimum Gasteiger partial charge on any atom is -0.459 e. The van der Waals surface area contributed by atoms with E-state index in [1.54, 1.807) is 7.11 Å². The Kier molecular flexibility index (Phi) is 3.31. The average molecular weight is 260 g/mol. The number of furan rings is 1. The Morgan fingerprint density at radius 1 is 1.42 bits per heavy atom. The average Bonchev–Trinajstić information content (AvgIpc) is 2.82. The molecule has 0 aliphatic heterocycles. The first-order valence-electron chi connectivity index (χ1n) is 6.76. The second-order valence-corrected chi connectivity index (χ2v) is 5.35. The number of nitrogens with one attached hydrogen (secondary N) is 1. The quantitative estimate of drug-likeness (QED) is 0.641. The lowest BCUT2D eigenvalue weighted by Gasteiger charge is -2.42. The topological polar surface area (TPSA) is 60.4 Å². The Morgan fingerprint density at radius 2 is 2.21 bits per heavy atom. The van der Waals surface area contributed by atoms with Crippen molar-refractivity contribution in [2.45, 2.75) is 37.3 Å². The maximum Gasteiger partial charge on any atom is 0.134 e. The maximum absolute atomic E-state index is 5.88. The molecule has 1 aliphatic rings. The fraction of sp³-hybridized carbons (Fsp3) is 0.467. The molecule has 4 nitrogen and oxygen atoms in total. The SMILES string of the molecule is COC1(CC(NN)c2cc3ccccc3o2)CCC1. The van der Waals surface area contributed by atoms with Crippen molar-refractivity contribution in [2.75, 3.05) is 7.11 Å². The van der Waals surface area contributed by atoms with Crippen molar-refractivity contribution in [2.24, 2.45) is 5.84 Å². The molecule has 1 fully saturated rings. The molecule has 1 unspecified atom stereocenters. The van der Waals surface area contributed by atoms with E-state index >= 15 is 0 Å². The fourth-order valence-corrected chi connectivity index (χ4v) is 2.85. The van der Waals surface area contributed by atoms with Crippen LogP contribution in [0, 0.1) is 0 Å². The summed E-state index contributed by atoms with van der Waals surface area (Å²) < 4.78 is 11.5. The zero-order valence-electron chi connectivity index (χ0n) is 11.2. The molecule has 1 aromatic carbocycles. The van der Waals surface area contributed by atoms with Gasteiger partial charge in [0.25, 0.3) is 0 Å². The van der Waals surface area contributed by atoms with E-state index in [-0.39, 0.29) is 11.6 Å². The summed E-state index contributed by atoms with van der Waals surface area (Å²) in [5, 5.41) is 1.11. The van der Waals surface area contributed by atoms with Gasteiger partial charge in [-0.25, -0.2) is 5.43 Å². The van der Waals surface area contributed by atoms with Gasteiger partial charge in [0.05, 0.1) is 11.6 Å². The first-order chi connectivity index (χ1) is 9.26. The van der Waals surface area contributed by atoms with Gasteiger partial charge in [0, 0.05) is 18.9 Å². The number of fused-ring (bicyclic) bond motifs is 1. The molecule has 0 radical (unpaired) electrons. The molecular weight excluding hydrogens is 240 g/mol. The zero-order chi connectivity index (χ0) is 13.3. The molecule has 102 valence electrons. The number of nitrogens with two attached hydrogens (primary N) is 1. The van der Waals surface area contributed by atoms with E-state index in [0.717, 1.165) is 36.0 Å². The summed E-state index contributed by atoms with van der Waals surface area (Å²) in [6.07, 6.45) is 4.27. The molecule has 2 aromatic rings. The Hall–Kier alpha value is -1.36. The fourth-order valence-electron chi connectivity index (χ4n) is 2.85. The summed E-state index contributed by atoms with van der Waals surface area (Å²) in [4.78, 5) is 0. The number of rotatable bonds is 5. The third-order valence-electron chi connectivity index (χ3n) is 4.26. The van der Waals surface area contributed by atoms with Crippen LogP contribution in [0.2, 0.25) is 0 Å². The van der Waals surface area contributed by atoms with Crippen molar-refractivity contribution >= 4 is 11.0 Å². The molecule has 0 amide bonds. The molecule has 0 spiro atoms. The Morgan fingerprint density at radius 3 is 2.79 bits per heavy atom. The molecule has 1 saturated carbocycles. The van der Waals surface area contributed by atoms with Crippen LogP contribution in [-0.4, -0.2) is 12.7 Å². The number of methoxy groups -OCH3 is 1. The zero-order valence-corrected chi connectivity index (χ0v) is 11.2. The van der Waals surface area contributed by atoms with E-state index in [2.05, 4.69) is 11.5 Å². The summed E-state index contributed by atoms with van der Waals surface area (Å²) in [5.74, 6) is 6.58. The first kappa shape index (κ1) is 12.7. The van der Waals surface area contributed by atoms with Crippen LogP contribution < -0.4 is 11.3 Å². The standard InChI is InChI=1S/C15H20N2O2/c1-18-15(7-4-8-15)10-12(17-16)14-9-11-5-2-3-6-13(11)19-14/h2-3,5-6,9,12,17H,4,7-8,10,16H2,1H3. The van der Waals surface area contributed by atoms with E-state index in [4.69, 9.17) is 15.0 Å². The van der Waals surface area contributed by atoms with Gasteiger partial charge in [-0.2, -0.15) is 0 Å². The van der Waals surface area contributed by atoms with Crippen LogP contribution in [0.25, 0.3) is 11.0 Å². The minimum atomic E-state index is -0.0317. The van der Waals surface area contributed by atoms with Crippen LogP contribution in [0.1, 0.15) is 37.5 Å². The van der Waals surface area contributed by atoms with E-state index in [1.165, 1.54) is 6.42 Å². The molecule has 1 aromatic heterocycles. The number of para-hydroxylation sites is 1. The van der Waals surface area contributed by atoms with Crippen LogP contribution in [0.4, 0.5) is 0 Å². The highest BCUT2D eigenvalue weighted by Gasteiger charge is 2.39.